The smallest absolute Gasteiger partial charge is 0.362 e. The first-order chi connectivity index (χ1) is 16.3. The van der Waals surface area contributed by atoms with Gasteiger partial charge in [0.1, 0.15) is 11.7 Å². The predicted octanol–water partition coefficient (Wildman–Crippen LogP) is -0.114. The second kappa shape index (κ2) is 9.85. The van der Waals surface area contributed by atoms with Gasteiger partial charge in [-0.2, -0.15) is 8.42 Å². The number of carbonyl (C=O) groups is 3. The van der Waals surface area contributed by atoms with E-state index in [-0.39, 0.29) is 15.1 Å². The van der Waals surface area contributed by atoms with E-state index in [0.717, 1.165) is 11.3 Å². The molecule has 2 heterocycles. The van der Waals surface area contributed by atoms with Gasteiger partial charge in [-0.05, 0) is 32.9 Å². The molecule has 1 fully saturated rings. The summed E-state index contributed by atoms with van der Waals surface area (Å²) in [5, 5.41) is 7.66. The zero-order valence-electron chi connectivity index (χ0n) is 18.8. The fourth-order valence-electron chi connectivity index (χ4n) is 2.92. The summed E-state index contributed by atoms with van der Waals surface area (Å²) in [5.41, 5.74) is 9.50. The second-order valence-electron chi connectivity index (χ2n) is 7.86. The first-order valence-corrected chi connectivity index (χ1v) is 12.3. The van der Waals surface area contributed by atoms with E-state index < -0.39 is 51.4 Å². The van der Waals surface area contributed by atoms with Gasteiger partial charge >= 0.3 is 10.3 Å². The van der Waals surface area contributed by atoms with E-state index in [1.165, 1.54) is 26.2 Å². The van der Waals surface area contributed by atoms with E-state index in [2.05, 4.69) is 26.3 Å². The minimum absolute atomic E-state index is 0.00896. The molecule has 3 amide bonds. The van der Waals surface area contributed by atoms with Gasteiger partial charge in [0.25, 0.3) is 17.7 Å². The third-order valence-electron chi connectivity index (χ3n) is 4.86. The summed E-state index contributed by atoms with van der Waals surface area (Å²) in [4.78, 5) is 46.9. The third kappa shape index (κ3) is 5.84. The summed E-state index contributed by atoms with van der Waals surface area (Å²) in [6, 6.07) is 6.51. The van der Waals surface area contributed by atoms with Crippen LogP contribution in [0.1, 0.15) is 26.5 Å². The second-order valence-corrected chi connectivity index (χ2v) is 10.0. The molecule has 2 atom stereocenters. The molecule has 1 aromatic heterocycles. The molecule has 1 aromatic carbocycles. The molecule has 1 aliphatic heterocycles. The average Bonchev–Trinajstić information content (AvgIpc) is 3.21. The number of oxime groups is 1. The SMILES string of the molecule is C[C@H]1[C@H](NC(=O)C(=NOC(C)(C)C(=O)NNc2ccccc2)c2csc(N)n2)C(=O)N1S(=O)(=O)O. The maximum Gasteiger partial charge on any atom is 0.362 e. The molecule has 188 valence electrons. The van der Waals surface area contributed by atoms with Crippen LogP contribution < -0.4 is 21.9 Å². The number of aromatic nitrogens is 1. The molecule has 0 unspecified atom stereocenters. The zero-order chi connectivity index (χ0) is 26.0. The number of hydrazine groups is 1. The van der Waals surface area contributed by atoms with E-state index in [9.17, 15) is 22.8 Å². The van der Waals surface area contributed by atoms with Crippen molar-refractivity contribution in [2.24, 2.45) is 5.16 Å². The van der Waals surface area contributed by atoms with Crippen LogP contribution in [0.25, 0.3) is 0 Å². The molecule has 14 nitrogen and oxygen atoms in total. The van der Waals surface area contributed by atoms with Crippen LogP contribution in [0.15, 0.2) is 40.9 Å². The number of benzene rings is 1. The molecule has 0 saturated carbocycles. The molecule has 0 aliphatic carbocycles. The number of nitrogens with one attached hydrogen (secondary N) is 3. The Hall–Kier alpha value is -3.76. The summed E-state index contributed by atoms with van der Waals surface area (Å²) in [7, 11) is -4.77. The van der Waals surface area contributed by atoms with Crippen molar-refractivity contribution in [3.63, 3.8) is 0 Å². The number of nitrogens with two attached hydrogens (primary N) is 1. The van der Waals surface area contributed by atoms with E-state index >= 15 is 0 Å². The highest BCUT2D eigenvalue weighted by Crippen LogP contribution is 2.23. The van der Waals surface area contributed by atoms with Crippen LogP contribution in [0.5, 0.6) is 0 Å². The number of nitrogens with zero attached hydrogens (tertiary/aromatic N) is 3. The van der Waals surface area contributed by atoms with Gasteiger partial charge in [0.05, 0.1) is 11.7 Å². The first-order valence-electron chi connectivity index (χ1n) is 10.0. The number of hydrogen-bond acceptors (Lipinski definition) is 11. The monoisotopic (exact) mass is 525 g/mol. The number of hydrogen-bond donors (Lipinski definition) is 5. The molecule has 35 heavy (non-hydrogen) atoms. The molecule has 0 spiro atoms. The van der Waals surface area contributed by atoms with Crippen molar-refractivity contribution in [2.75, 3.05) is 11.2 Å². The maximum atomic E-state index is 12.9. The minimum atomic E-state index is -4.77. The standard InChI is InChI=1S/C19H23N7O7S2/c1-10-13(16(28)26(10)35(30,31)32)22-15(27)14(12-9-34-18(20)21-12)25-33-19(2,3)17(29)24-23-11-7-5-4-6-8-11/h4-10,13,23H,1-3H3,(H2,20,21)(H,22,27)(H,24,29)(H,30,31,32)/t10-,13-/m0/s1. The fourth-order valence-corrected chi connectivity index (χ4v) is 4.35. The summed E-state index contributed by atoms with van der Waals surface area (Å²) in [6.45, 7) is 4.14. The Kier molecular flexibility index (Phi) is 7.27. The van der Waals surface area contributed by atoms with Gasteiger partial charge < -0.3 is 15.9 Å². The number of thiazole rings is 1. The number of carbonyl (C=O) groups excluding carboxylic acids is 3. The van der Waals surface area contributed by atoms with E-state index in [4.69, 9.17) is 15.1 Å². The number of β-lactam (4-membered cyclic amide) rings is 1. The van der Waals surface area contributed by atoms with Crippen LogP contribution in [0.4, 0.5) is 10.8 Å². The van der Waals surface area contributed by atoms with Crippen molar-refractivity contribution < 1.29 is 32.2 Å². The summed E-state index contributed by atoms with van der Waals surface area (Å²) in [5.74, 6) is -2.58. The number of rotatable bonds is 9. The molecule has 0 bridgehead atoms. The number of amides is 3. The van der Waals surface area contributed by atoms with Gasteiger partial charge in [0.2, 0.25) is 5.60 Å². The Bertz CT molecular complexity index is 1260. The van der Waals surface area contributed by atoms with Gasteiger partial charge in [0, 0.05) is 5.38 Å². The summed E-state index contributed by atoms with van der Waals surface area (Å²) in [6.07, 6.45) is 0. The van der Waals surface area contributed by atoms with Crippen molar-refractivity contribution in [1.82, 2.24) is 20.0 Å². The number of para-hydroxylation sites is 1. The Morgan fingerprint density at radius 2 is 1.94 bits per heavy atom. The Balaban J connectivity index is 1.74. The topological polar surface area (TPSA) is 205 Å². The summed E-state index contributed by atoms with van der Waals surface area (Å²) < 4.78 is 31.9. The lowest BCUT2D eigenvalue weighted by Gasteiger charge is -2.42. The van der Waals surface area contributed by atoms with Gasteiger partial charge in [-0.3, -0.25) is 29.8 Å². The summed E-state index contributed by atoms with van der Waals surface area (Å²) >= 11 is 1.01. The zero-order valence-corrected chi connectivity index (χ0v) is 20.4. The third-order valence-corrected chi connectivity index (χ3v) is 6.54. The minimum Gasteiger partial charge on any atom is -0.379 e. The van der Waals surface area contributed by atoms with Gasteiger partial charge in [-0.1, -0.05) is 23.4 Å². The van der Waals surface area contributed by atoms with Crippen molar-refractivity contribution in [3.8, 4) is 0 Å². The molecule has 0 radical (unpaired) electrons. The predicted molar refractivity (Wildman–Crippen MR) is 126 cm³/mol. The van der Waals surface area contributed by atoms with Crippen LogP contribution in [0.2, 0.25) is 0 Å². The fraction of sp³-hybridized carbons (Fsp3) is 0.316. The average molecular weight is 526 g/mol. The highest BCUT2D eigenvalue weighted by molar-refractivity contribution is 7.84. The van der Waals surface area contributed by atoms with E-state index in [1.54, 1.807) is 24.3 Å². The highest BCUT2D eigenvalue weighted by Gasteiger charge is 2.51. The maximum absolute atomic E-state index is 12.9. The van der Waals surface area contributed by atoms with Crippen LogP contribution in [-0.4, -0.2) is 63.4 Å². The van der Waals surface area contributed by atoms with Gasteiger partial charge in [-0.15, -0.1) is 11.3 Å². The Labute approximate surface area is 204 Å². The molecule has 1 saturated heterocycles. The molecule has 6 N–H and O–H groups in total. The highest BCUT2D eigenvalue weighted by atomic mass is 32.2. The largest absolute Gasteiger partial charge is 0.379 e. The molecule has 16 heteroatoms. The molecule has 1 aliphatic rings. The van der Waals surface area contributed by atoms with E-state index in [0.29, 0.717) is 5.69 Å². The number of nitrogen functional groups attached to an aromatic ring is 1. The van der Waals surface area contributed by atoms with Crippen molar-refractivity contribution >= 4 is 55.9 Å². The molecular weight excluding hydrogens is 502 g/mol. The molecule has 2 aromatic rings. The van der Waals surface area contributed by atoms with Crippen molar-refractivity contribution in [2.45, 2.75) is 38.5 Å². The molecule has 3 rings (SSSR count). The first kappa shape index (κ1) is 25.9. The lowest BCUT2D eigenvalue weighted by atomic mass is 10.0. The lowest BCUT2D eigenvalue weighted by Crippen LogP contribution is -2.71. The van der Waals surface area contributed by atoms with Crippen LogP contribution in [0.3, 0.4) is 0 Å². The van der Waals surface area contributed by atoms with Crippen LogP contribution in [-0.2, 0) is 29.5 Å². The number of anilines is 2. The van der Waals surface area contributed by atoms with Crippen molar-refractivity contribution in [3.05, 3.63) is 41.4 Å². The van der Waals surface area contributed by atoms with Crippen LogP contribution >= 0.6 is 11.3 Å². The van der Waals surface area contributed by atoms with Crippen LogP contribution in [0, 0.1) is 0 Å². The normalized spacial score (nSPS) is 18.5. The van der Waals surface area contributed by atoms with Gasteiger partial charge in [0.15, 0.2) is 10.8 Å². The Morgan fingerprint density at radius 1 is 1.29 bits per heavy atom. The van der Waals surface area contributed by atoms with Crippen molar-refractivity contribution in [1.29, 1.82) is 0 Å². The molecular formula is C19H23N7O7S2. The lowest BCUT2D eigenvalue weighted by molar-refractivity contribution is -0.144. The van der Waals surface area contributed by atoms with Gasteiger partial charge in [-0.25, -0.2) is 9.29 Å². The van der Waals surface area contributed by atoms with E-state index in [1.807, 2.05) is 6.07 Å². The quantitative estimate of drug-likeness (QED) is 0.127. The Morgan fingerprint density at radius 3 is 2.49 bits per heavy atom.